The fourth-order valence-corrected chi connectivity index (χ4v) is 3.24. The van der Waals surface area contributed by atoms with Gasteiger partial charge in [-0.15, -0.1) is 35.3 Å². The molecule has 1 heterocycles. The molecule has 2 N–H and O–H groups in total. The SMILES string of the molecule is CN=C(NCCOCc1ccccc1OC)NCc1sc(C)nc1C.I. The molecule has 26 heavy (non-hydrogen) atoms. The fraction of sp³-hybridized carbons (Fsp3) is 0.444. The van der Waals surface area contributed by atoms with Gasteiger partial charge in [0.05, 0.1) is 37.6 Å². The van der Waals surface area contributed by atoms with Gasteiger partial charge >= 0.3 is 0 Å². The van der Waals surface area contributed by atoms with Crippen molar-refractivity contribution in [2.24, 2.45) is 4.99 Å². The lowest BCUT2D eigenvalue weighted by molar-refractivity contribution is 0.123. The number of aryl methyl sites for hydroxylation is 2. The highest BCUT2D eigenvalue weighted by Gasteiger charge is 2.06. The van der Waals surface area contributed by atoms with Crippen LogP contribution in [-0.4, -0.2) is 38.3 Å². The van der Waals surface area contributed by atoms with Gasteiger partial charge in [0, 0.05) is 24.0 Å². The van der Waals surface area contributed by atoms with Crippen molar-refractivity contribution in [2.75, 3.05) is 27.3 Å². The third kappa shape index (κ3) is 7.08. The lowest BCUT2D eigenvalue weighted by Gasteiger charge is -2.12. The van der Waals surface area contributed by atoms with Crippen molar-refractivity contribution in [2.45, 2.75) is 27.0 Å². The molecule has 2 aromatic rings. The van der Waals surface area contributed by atoms with Crippen LogP contribution in [0.1, 0.15) is 21.1 Å². The Morgan fingerprint density at radius 2 is 2.00 bits per heavy atom. The number of hydrogen-bond acceptors (Lipinski definition) is 5. The van der Waals surface area contributed by atoms with Crippen LogP contribution in [0.25, 0.3) is 0 Å². The van der Waals surface area contributed by atoms with Crippen LogP contribution in [0.15, 0.2) is 29.3 Å². The highest BCUT2D eigenvalue weighted by atomic mass is 127. The number of methoxy groups -OCH3 is 1. The number of benzene rings is 1. The first-order valence-electron chi connectivity index (χ1n) is 8.21. The summed E-state index contributed by atoms with van der Waals surface area (Å²) in [5, 5.41) is 7.63. The van der Waals surface area contributed by atoms with Crippen LogP contribution in [0.2, 0.25) is 0 Å². The van der Waals surface area contributed by atoms with E-state index in [0.29, 0.717) is 19.8 Å². The molecule has 144 valence electrons. The molecule has 2 rings (SSSR count). The molecule has 6 nitrogen and oxygen atoms in total. The topological polar surface area (TPSA) is 67.8 Å². The Hall–Kier alpha value is -1.39. The van der Waals surface area contributed by atoms with Crippen LogP contribution in [0.4, 0.5) is 0 Å². The third-order valence-corrected chi connectivity index (χ3v) is 4.70. The number of aliphatic imine (C=N–C) groups is 1. The third-order valence-electron chi connectivity index (χ3n) is 3.63. The fourth-order valence-electron chi connectivity index (χ4n) is 2.37. The average molecular weight is 490 g/mol. The summed E-state index contributed by atoms with van der Waals surface area (Å²) in [6.45, 7) is 6.55. The molecule has 1 aromatic carbocycles. The molecule has 0 saturated heterocycles. The molecule has 1 aromatic heterocycles. The molecule has 0 atom stereocenters. The van der Waals surface area contributed by atoms with Crippen molar-refractivity contribution in [3.8, 4) is 5.75 Å². The molecule has 0 fully saturated rings. The number of nitrogens with one attached hydrogen (secondary N) is 2. The molecule has 0 unspecified atom stereocenters. The van der Waals surface area contributed by atoms with E-state index in [2.05, 4.69) is 20.6 Å². The van der Waals surface area contributed by atoms with Crippen molar-refractivity contribution >= 4 is 41.3 Å². The van der Waals surface area contributed by atoms with E-state index in [4.69, 9.17) is 9.47 Å². The molecule has 0 bridgehead atoms. The summed E-state index contributed by atoms with van der Waals surface area (Å²) in [6.07, 6.45) is 0. The lowest BCUT2D eigenvalue weighted by atomic mass is 10.2. The second kappa shape index (κ2) is 12.1. The normalized spacial score (nSPS) is 11.0. The summed E-state index contributed by atoms with van der Waals surface area (Å²) >= 11 is 1.71. The largest absolute Gasteiger partial charge is 0.496 e. The van der Waals surface area contributed by atoms with E-state index in [9.17, 15) is 0 Å². The molecular formula is C18H27IN4O2S. The van der Waals surface area contributed by atoms with Crippen molar-refractivity contribution in [1.29, 1.82) is 0 Å². The van der Waals surface area contributed by atoms with Gasteiger partial charge < -0.3 is 20.1 Å². The average Bonchev–Trinajstić information content (AvgIpc) is 2.95. The molecule has 0 saturated carbocycles. The zero-order valence-corrected chi connectivity index (χ0v) is 18.8. The smallest absolute Gasteiger partial charge is 0.191 e. The van der Waals surface area contributed by atoms with Crippen LogP contribution in [0.3, 0.4) is 0 Å². The van der Waals surface area contributed by atoms with E-state index in [1.807, 2.05) is 38.1 Å². The maximum Gasteiger partial charge on any atom is 0.191 e. The summed E-state index contributed by atoms with van der Waals surface area (Å²) in [6, 6.07) is 7.87. The minimum atomic E-state index is 0. The quantitative estimate of drug-likeness (QED) is 0.257. The maximum atomic E-state index is 5.71. The van der Waals surface area contributed by atoms with Gasteiger partial charge in [0.2, 0.25) is 0 Å². The van der Waals surface area contributed by atoms with Gasteiger partial charge in [-0.2, -0.15) is 0 Å². The van der Waals surface area contributed by atoms with Gasteiger partial charge in [-0.1, -0.05) is 18.2 Å². The van der Waals surface area contributed by atoms with E-state index in [1.54, 1.807) is 25.5 Å². The van der Waals surface area contributed by atoms with E-state index >= 15 is 0 Å². The number of aromatic nitrogens is 1. The molecule has 8 heteroatoms. The number of para-hydroxylation sites is 1. The first-order valence-corrected chi connectivity index (χ1v) is 9.02. The molecule has 0 radical (unpaired) electrons. The van der Waals surface area contributed by atoms with Gasteiger partial charge in [0.25, 0.3) is 0 Å². The summed E-state index contributed by atoms with van der Waals surface area (Å²) in [5.41, 5.74) is 2.12. The van der Waals surface area contributed by atoms with Crippen LogP contribution in [0.5, 0.6) is 5.75 Å². The zero-order valence-electron chi connectivity index (χ0n) is 15.7. The maximum absolute atomic E-state index is 5.71. The molecule has 0 spiro atoms. The van der Waals surface area contributed by atoms with Gasteiger partial charge in [0.1, 0.15) is 5.75 Å². The van der Waals surface area contributed by atoms with Gasteiger partial charge in [-0.3, -0.25) is 4.99 Å². The number of hydrogen-bond donors (Lipinski definition) is 2. The Kier molecular flexibility index (Phi) is 10.5. The van der Waals surface area contributed by atoms with Crippen molar-refractivity contribution in [3.05, 3.63) is 45.4 Å². The molecule has 0 aliphatic carbocycles. The predicted octanol–water partition coefficient (Wildman–Crippen LogP) is 3.27. The summed E-state index contributed by atoms with van der Waals surface area (Å²) in [7, 11) is 3.43. The number of thiazole rings is 1. The van der Waals surface area contributed by atoms with Crippen LogP contribution < -0.4 is 15.4 Å². The number of halogens is 1. The second-order valence-electron chi connectivity index (χ2n) is 5.46. The van der Waals surface area contributed by atoms with Crippen molar-refractivity contribution in [3.63, 3.8) is 0 Å². The summed E-state index contributed by atoms with van der Waals surface area (Å²) < 4.78 is 11.0. The van der Waals surface area contributed by atoms with Crippen LogP contribution in [-0.2, 0) is 17.9 Å². The standard InChI is InChI=1S/C18H26N4O2S.HI/c1-13-17(25-14(2)22-13)11-21-18(19-3)20-9-10-24-12-15-7-5-6-8-16(15)23-4;/h5-8H,9-12H2,1-4H3,(H2,19,20,21);1H. The summed E-state index contributed by atoms with van der Waals surface area (Å²) in [4.78, 5) is 9.89. The van der Waals surface area contributed by atoms with E-state index in [1.165, 1.54) is 4.88 Å². The number of rotatable bonds is 8. The Balaban J connectivity index is 0.00000338. The van der Waals surface area contributed by atoms with Crippen molar-refractivity contribution in [1.82, 2.24) is 15.6 Å². The number of nitrogens with zero attached hydrogens (tertiary/aromatic N) is 2. The van der Waals surface area contributed by atoms with Gasteiger partial charge in [-0.25, -0.2) is 4.98 Å². The molecule has 0 amide bonds. The zero-order chi connectivity index (χ0) is 18.1. The van der Waals surface area contributed by atoms with E-state index in [0.717, 1.165) is 34.5 Å². The Morgan fingerprint density at radius 3 is 2.65 bits per heavy atom. The highest BCUT2D eigenvalue weighted by molar-refractivity contribution is 14.0. The van der Waals surface area contributed by atoms with E-state index < -0.39 is 0 Å². The van der Waals surface area contributed by atoms with Gasteiger partial charge in [0.15, 0.2) is 5.96 Å². The second-order valence-corrected chi connectivity index (χ2v) is 6.75. The Morgan fingerprint density at radius 1 is 1.23 bits per heavy atom. The van der Waals surface area contributed by atoms with Crippen LogP contribution in [0, 0.1) is 13.8 Å². The van der Waals surface area contributed by atoms with Crippen LogP contribution >= 0.6 is 35.3 Å². The Bertz CT molecular complexity index is 706. The minimum absolute atomic E-state index is 0. The van der Waals surface area contributed by atoms with Crippen molar-refractivity contribution < 1.29 is 9.47 Å². The monoisotopic (exact) mass is 490 g/mol. The summed E-state index contributed by atoms with van der Waals surface area (Å²) in [5.74, 6) is 1.61. The number of guanidine groups is 1. The predicted molar refractivity (Wildman–Crippen MR) is 118 cm³/mol. The Labute approximate surface area is 176 Å². The molecule has 0 aliphatic rings. The lowest BCUT2D eigenvalue weighted by Crippen LogP contribution is -2.38. The first-order chi connectivity index (χ1) is 12.1. The highest BCUT2D eigenvalue weighted by Crippen LogP contribution is 2.18. The minimum Gasteiger partial charge on any atom is -0.496 e. The first kappa shape index (κ1) is 22.7. The molecular weight excluding hydrogens is 463 g/mol. The van der Waals surface area contributed by atoms with E-state index in [-0.39, 0.29) is 24.0 Å². The number of ether oxygens (including phenoxy) is 2. The van der Waals surface area contributed by atoms with Gasteiger partial charge in [-0.05, 0) is 19.9 Å². The molecule has 0 aliphatic heterocycles.